The average molecular weight is 219 g/mol. The molecular weight excluding hydrogens is 205 g/mol. The summed E-state index contributed by atoms with van der Waals surface area (Å²) in [5.74, 6) is -0.661. The number of hydrogen-bond donors (Lipinski definition) is 2. The van der Waals surface area contributed by atoms with Crippen molar-refractivity contribution in [1.82, 2.24) is 4.72 Å². The summed E-state index contributed by atoms with van der Waals surface area (Å²) >= 11 is 0. The zero-order valence-corrected chi connectivity index (χ0v) is 10.7. The summed E-state index contributed by atoms with van der Waals surface area (Å²) in [5, 5.41) is 0. The van der Waals surface area contributed by atoms with Crippen LogP contribution in [0.4, 0.5) is 0 Å². The quantitative estimate of drug-likeness (QED) is 0.307. The molecule has 0 heterocycles. The molecule has 0 aliphatic rings. The summed E-state index contributed by atoms with van der Waals surface area (Å²) in [5.41, 5.74) is 0. The number of amides is 1. The largest absolute Gasteiger partial charge is 1.00 e. The van der Waals surface area contributed by atoms with Crippen molar-refractivity contribution in [3.05, 3.63) is 0 Å². The summed E-state index contributed by atoms with van der Waals surface area (Å²) in [6.07, 6.45) is 2.60. The third kappa shape index (κ3) is 12.4. The standard InChI is InChI=1S/C6H13NO4S.Na.H/c1-2-3-4-5-6(8)7-12(9,10)11;;/h2-5H2,1H3,(H,7,8)(H,9,10,11);;/q;+1;-1. The maximum atomic E-state index is 10.7. The average Bonchev–Trinajstić information content (AvgIpc) is 1.84. The molecule has 0 rings (SSSR count). The summed E-state index contributed by atoms with van der Waals surface area (Å²) < 4.78 is 29.8. The van der Waals surface area contributed by atoms with Gasteiger partial charge in [0.1, 0.15) is 0 Å². The van der Waals surface area contributed by atoms with Gasteiger partial charge in [-0.05, 0) is 6.42 Å². The zero-order valence-electron chi connectivity index (χ0n) is 8.91. The molecule has 13 heavy (non-hydrogen) atoms. The van der Waals surface area contributed by atoms with E-state index in [-0.39, 0.29) is 37.4 Å². The predicted molar refractivity (Wildman–Crippen MR) is 44.9 cm³/mol. The number of nitrogens with one attached hydrogen (secondary N) is 1. The summed E-state index contributed by atoms with van der Waals surface area (Å²) in [7, 11) is -4.36. The Morgan fingerprint density at radius 1 is 1.46 bits per heavy atom. The molecule has 0 aromatic carbocycles. The fraction of sp³-hybridized carbons (Fsp3) is 0.833. The second kappa shape index (κ2) is 7.75. The summed E-state index contributed by atoms with van der Waals surface area (Å²) in [6, 6.07) is 0. The van der Waals surface area contributed by atoms with Crippen LogP contribution in [-0.4, -0.2) is 18.9 Å². The molecule has 0 bridgehead atoms. The molecule has 0 saturated heterocycles. The smallest absolute Gasteiger partial charge is 1.00 e. The Morgan fingerprint density at radius 3 is 2.38 bits per heavy atom. The summed E-state index contributed by atoms with van der Waals surface area (Å²) in [4.78, 5) is 10.7. The van der Waals surface area contributed by atoms with Crippen molar-refractivity contribution in [2.45, 2.75) is 32.6 Å². The second-order valence-electron chi connectivity index (χ2n) is 2.46. The van der Waals surface area contributed by atoms with Crippen molar-refractivity contribution in [2.75, 3.05) is 0 Å². The van der Waals surface area contributed by atoms with E-state index in [0.29, 0.717) is 6.42 Å². The van der Waals surface area contributed by atoms with Crippen molar-refractivity contribution < 1.29 is 48.7 Å². The van der Waals surface area contributed by atoms with Crippen LogP contribution in [0.1, 0.15) is 34.0 Å². The van der Waals surface area contributed by atoms with Crippen LogP contribution in [0.25, 0.3) is 0 Å². The molecule has 0 aromatic heterocycles. The molecule has 1 amide bonds. The zero-order chi connectivity index (χ0) is 9.61. The number of carbonyl (C=O) groups excluding carboxylic acids is 1. The monoisotopic (exact) mass is 219 g/mol. The minimum absolute atomic E-state index is 0. The van der Waals surface area contributed by atoms with Gasteiger partial charge in [0, 0.05) is 6.42 Å². The Kier molecular flexibility index (Phi) is 9.44. The third-order valence-corrected chi connectivity index (χ3v) is 1.74. The van der Waals surface area contributed by atoms with E-state index in [1.54, 1.807) is 0 Å². The van der Waals surface area contributed by atoms with Crippen LogP contribution in [0.3, 0.4) is 0 Å². The van der Waals surface area contributed by atoms with Crippen molar-refractivity contribution in [2.24, 2.45) is 0 Å². The first-order valence-corrected chi connectivity index (χ1v) is 5.17. The van der Waals surface area contributed by atoms with Crippen LogP contribution in [0.2, 0.25) is 0 Å². The molecule has 5 nitrogen and oxygen atoms in total. The van der Waals surface area contributed by atoms with Gasteiger partial charge in [-0.25, -0.2) is 4.72 Å². The van der Waals surface area contributed by atoms with Gasteiger partial charge in [-0.1, -0.05) is 19.8 Å². The van der Waals surface area contributed by atoms with Crippen molar-refractivity contribution in [3.8, 4) is 0 Å². The van der Waals surface area contributed by atoms with Crippen LogP contribution in [0.5, 0.6) is 0 Å². The van der Waals surface area contributed by atoms with Gasteiger partial charge in [0.05, 0.1) is 0 Å². The molecule has 7 heteroatoms. The first-order valence-electron chi connectivity index (χ1n) is 3.73. The molecule has 0 fully saturated rings. The molecule has 0 aliphatic heterocycles. The molecule has 0 aliphatic carbocycles. The van der Waals surface area contributed by atoms with Gasteiger partial charge in [-0.3, -0.25) is 9.35 Å². The van der Waals surface area contributed by atoms with Gasteiger partial charge in [-0.2, -0.15) is 8.42 Å². The SMILES string of the molecule is CCCCCC(=O)NS(=O)(=O)O.[H-].[Na+]. The first-order chi connectivity index (χ1) is 5.45. The molecule has 0 saturated carbocycles. The number of hydrogen-bond acceptors (Lipinski definition) is 3. The van der Waals surface area contributed by atoms with Gasteiger partial charge in [0.25, 0.3) is 0 Å². The third-order valence-electron chi connectivity index (χ3n) is 1.25. The topological polar surface area (TPSA) is 83.5 Å². The Morgan fingerprint density at radius 2 is 2.00 bits per heavy atom. The van der Waals surface area contributed by atoms with E-state index >= 15 is 0 Å². The number of carbonyl (C=O) groups is 1. The van der Waals surface area contributed by atoms with Crippen LogP contribution < -0.4 is 34.3 Å². The molecule has 0 unspecified atom stereocenters. The molecule has 0 atom stereocenters. The molecule has 0 aromatic rings. The van der Waals surface area contributed by atoms with Crippen LogP contribution in [0, 0.1) is 0 Å². The van der Waals surface area contributed by atoms with E-state index in [2.05, 4.69) is 0 Å². The maximum absolute atomic E-state index is 10.7. The van der Waals surface area contributed by atoms with Crippen LogP contribution in [-0.2, 0) is 15.1 Å². The molecule has 2 N–H and O–H groups in total. The fourth-order valence-electron chi connectivity index (χ4n) is 0.730. The van der Waals surface area contributed by atoms with Crippen LogP contribution in [0.15, 0.2) is 0 Å². The normalized spacial score (nSPS) is 10.3. The second-order valence-corrected chi connectivity index (χ2v) is 3.61. The van der Waals surface area contributed by atoms with Gasteiger partial charge in [0.15, 0.2) is 0 Å². The first kappa shape index (κ1) is 15.8. The van der Waals surface area contributed by atoms with Gasteiger partial charge in [0.2, 0.25) is 5.91 Å². The molecule has 0 radical (unpaired) electrons. The number of unbranched alkanes of at least 4 members (excludes halogenated alkanes) is 2. The maximum Gasteiger partial charge on any atom is 1.00 e. The van der Waals surface area contributed by atoms with E-state index in [1.807, 2.05) is 6.92 Å². The minimum Gasteiger partial charge on any atom is -1.00 e. The van der Waals surface area contributed by atoms with E-state index in [9.17, 15) is 13.2 Å². The number of rotatable bonds is 5. The molecule has 0 spiro atoms. The van der Waals surface area contributed by atoms with Gasteiger partial charge < -0.3 is 1.43 Å². The van der Waals surface area contributed by atoms with Gasteiger partial charge >= 0.3 is 39.9 Å². The summed E-state index contributed by atoms with van der Waals surface area (Å²) in [6.45, 7) is 1.97. The van der Waals surface area contributed by atoms with Crippen molar-refractivity contribution in [3.63, 3.8) is 0 Å². The van der Waals surface area contributed by atoms with E-state index in [0.717, 1.165) is 12.8 Å². The Bertz CT molecular complexity index is 244. The van der Waals surface area contributed by atoms with E-state index < -0.39 is 16.2 Å². The van der Waals surface area contributed by atoms with Crippen molar-refractivity contribution in [1.29, 1.82) is 0 Å². The minimum atomic E-state index is -4.36. The Balaban J connectivity index is -0.000000605. The molecule has 74 valence electrons. The van der Waals surface area contributed by atoms with Gasteiger partial charge in [-0.15, -0.1) is 0 Å². The van der Waals surface area contributed by atoms with E-state index in [4.69, 9.17) is 4.55 Å². The van der Waals surface area contributed by atoms with Crippen molar-refractivity contribution >= 4 is 16.2 Å². The fourth-order valence-corrected chi connectivity index (χ4v) is 1.12. The predicted octanol–water partition coefficient (Wildman–Crippen LogP) is -2.40. The Labute approximate surface area is 102 Å². The Hall–Kier alpha value is 0.380. The van der Waals surface area contributed by atoms with Crippen LogP contribution >= 0.6 is 0 Å². The molecular formula is C6H14NNaO4S. The van der Waals surface area contributed by atoms with E-state index in [1.165, 1.54) is 4.72 Å².